The van der Waals surface area contributed by atoms with Gasteiger partial charge in [0, 0.05) is 17.7 Å². The zero-order valence-corrected chi connectivity index (χ0v) is 19.1. The van der Waals surface area contributed by atoms with Crippen molar-refractivity contribution in [3.63, 3.8) is 0 Å². The topological polar surface area (TPSA) is 79.9 Å². The molecule has 168 valence electrons. The summed E-state index contributed by atoms with van der Waals surface area (Å²) < 4.78 is 10.7. The number of halogens is 1. The first-order chi connectivity index (χ1) is 15.4. The van der Waals surface area contributed by atoms with E-state index in [1.165, 1.54) is 0 Å². The van der Waals surface area contributed by atoms with Crippen LogP contribution < -0.4 is 20.1 Å². The molecule has 3 heterocycles. The van der Waals surface area contributed by atoms with Gasteiger partial charge in [-0.05, 0) is 56.5 Å². The molecule has 2 saturated heterocycles. The molecule has 1 spiro atoms. The lowest BCUT2D eigenvalue weighted by molar-refractivity contribution is -0.135. The van der Waals surface area contributed by atoms with Gasteiger partial charge in [0.05, 0.1) is 36.5 Å². The first kappa shape index (κ1) is 21.1. The van der Waals surface area contributed by atoms with Crippen LogP contribution in [0.3, 0.4) is 0 Å². The van der Waals surface area contributed by atoms with E-state index in [1.54, 1.807) is 32.4 Å². The first-order valence-electron chi connectivity index (χ1n) is 10.8. The number of amides is 2. The Morgan fingerprint density at radius 3 is 2.81 bits per heavy atom. The standard InChI is InChI=1S/C24H26ClN3O4/c1-13-9-16-21(18(25)10-13)27-23(30)24(16)17(11-14-5-4-8-28(14)24)22(29)26-19-12-15(31-2)6-7-20(19)32-3/h6-7,9-10,12,14,17H,4-5,8,11H2,1-3H3,(H,26,29)(H,27,30)/t14-,17+,24-/m1/s1. The van der Waals surface area contributed by atoms with Crippen molar-refractivity contribution in [2.75, 3.05) is 31.4 Å². The maximum Gasteiger partial charge on any atom is 0.250 e. The van der Waals surface area contributed by atoms with E-state index in [-0.39, 0.29) is 17.9 Å². The number of nitrogens with zero attached hydrogens (tertiary/aromatic N) is 1. The van der Waals surface area contributed by atoms with Gasteiger partial charge in [-0.25, -0.2) is 0 Å². The van der Waals surface area contributed by atoms with Gasteiger partial charge in [-0.2, -0.15) is 0 Å². The lowest BCUT2D eigenvalue weighted by atomic mass is 9.78. The molecule has 0 aromatic heterocycles. The molecule has 0 aliphatic carbocycles. The smallest absolute Gasteiger partial charge is 0.250 e. The largest absolute Gasteiger partial charge is 0.497 e. The Hall–Kier alpha value is -2.77. The van der Waals surface area contributed by atoms with Crippen molar-refractivity contribution >= 4 is 34.8 Å². The number of anilines is 2. The molecule has 8 heteroatoms. The number of carbonyl (C=O) groups is 2. The van der Waals surface area contributed by atoms with Crippen LogP contribution in [0.25, 0.3) is 0 Å². The predicted octanol–water partition coefficient (Wildman–Crippen LogP) is 3.94. The van der Waals surface area contributed by atoms with Crippen molar-refractivity contribution in [1.82, 2.24) is 4.90 Å². The summed E-state index contributed by atoms with van der Waals surface area (Å²) in [4.78, 5) is 29.6. The Labute approximate surface area is 192 Å². The third kappa shape index (κ3) is 2.91. The van der Waals surface area contributed by atoms with Crippen LogP contribution in [-0.2, 0) is 15.1 Å². The number of hydrogen-bond acceptors (Lipinski definition) is 5. The van der Waals surface area contributed by atoms with E-state index in [0.717, 1.165) is 30.5 Å². The molecule has 0 bridgehead atoms. The third-order valence-corrected chi connectivity index (χ3v) is 7.35. The molecule has 0 unspecified atom stereocenters. The Bertz CT molecular complexity index is 1120. The monoisotopic (exact) mass is 455 g/mol. The van der Waals surface area contributed by atoms with Crippen LogP contribution in [0.5, 0.6) is 11.5 Å². The average molecular weight is 456 g/mol. The molecule has 3 aliphatic rings. The Balaban J connectivity index is 1.60. The molecule has 2 aromatic carbocycles. The minimum Gasteiger partial charge on any atom is -0.497 e. The highest BCUT2D eigenvalue weighted by Gasteiger charge is 2.65. The number of fused-ring (bicyclic) bond motifs is 4. The lowest BCUT2D eigenvalue weighted by Crippen LogP contribution is -2.53. The van der Waals surface area contributed by atoms with Gasteiger partial charge in [0.1, 0.15) is 17.0 Å². The van der Waals surface area contributed by atoms with Crippen molar-refractivity contribution < 1.29 is 19.1 Å². The highest BCUT2D eigenvalue weighted by atomic mass is 35.5. The normalized spacial score (nSPS) is 26.1. The molecule has 2 aromatic rings. The molecule has 3 aliphatic heterocycles. The number of rotatable bonds is 4. The number of ether oxygens (including phenoxy) is 2. The maximum atomic E-state index is 13.8. The number of benzene rings is 2. The Kier molecular flexibility index (Phi) is 5.06. The quantitative estimate of drug-likeness (QED) is 0.730. The molecule has 2 fully saturated rings. The molecule has 7 nitrogen and oxygen atoms in total. The highest BCUT2D eigenvalue weighted by Crippen LogP contribution is 2.57. The van der Waals surface area contributed by atoms with E-state index >= 15 is 0 Å². The molecule has 3 atom stereocenters. The van der Waals surface area contributed by atoms with E-state index in [0.29, 0.717) is 34.3 Å². The number of aryl methyl sites for hydroxylation is 1. The van der Waals surface area contributed by atoms with Crippen LogP contribution in [0.15, 0.2) is 30.3 Å². The molecular weight excluding hydrogens is 430 g/mol. The zero-order valence-electron chi connectivity index (χ0n) is 18.3. The Morgan fingerprint density at radius 1 is 1.25 bits per heavy atom. The van der Waals surface area contributed by atoms with E-state index in [9.17, 15) is 9.59 Å². The Morgan fingerprint density at radius 2 is 2.06 bits per heavy atom. The summed E-state index contributed by atoms with van der Waals surface area (Å²) >= 11 is 6.51. The van der Waals surface area contributed by atoms with Gasteiger partial charge >= 0.3 is 0 Å². The minimum atomic E-state index is -1.07. The van der Waals surface area contributed by atoms with Gasteiger partial charge < -0.3 is 20.1 Å². The number of methoxy groups -OCH3 is 2. The SMILES string of the molecule is COc1ccc(OC)c(NC(=O)[C@@H]2C[C@H]3CCCN3[C@@]23C(=O)Nc2c(Cl)cc(C)cc23)c1. The predicted molar refractivity (Wildman–Crippen MR) is 123 cm³/mol. The maximum absolute atomic E-state index is 13.8. The molecule has 5 rings (SSSR count). The van der Waals surface area contributed by atoms with Crippen LogP contribution in [0, 0.1) is 12.8 Å². The number of nitrogens with one attached hydrogen (secondary N) is 2. The summed E-state index contributed by atoms with van der Waals surface area (Å²) in [6.45, 7) is 2.73. The van der Waals surface area contributed by atoms with Crippen LogP contribution >= 0.6 is 11.6 Å². The summed E-state index contributed by atoms with van der Waals surface area (Å²) in [5.74, 6) is 0.174. The first-order valence-corrected chi connectivity index (χ1v) is 11.2. The summed E-state index contributed by atoms with van der Waals surface area (Å²) in [7, 11) is 3.12. The van der Waals surface area contributed by atoms with Crippen LogP contribution in [0.1, 0.15) is 30.4 Å². The summed E-state index contributed by atoms with van der Waals surface area (Å²) in [5, 5.41) is 6.51. The molecular formula is C24H26ClN3O4. The van der Waals surface area contributed by atoms with E-state index in [1.807, 2.05) is 19.1 Å². The summed E-state index contributed by atoms with van der Waals surface area (Å²) in [6, 6.07) is 9.25. The van der Waals surface area contributed by atoms with Crippen LogP contribution in [0.4, 0.5) is 11.4 Å². The van der Waals surface area contributed by atoms with Gasteiger partial charge in [0.2, 0.25) is 11.8 Å². The van der Waals surface area contributed by atoms with E-state index in [2.05, 4.69) is 15.5 Å². The molecule has 2 N–H and O–H groups in total. The third-order valence-electron chi connectivity index (χ3n) is 7.05. The number of carbonyl (C=O) groups excluding carboxylic acids is 2. The number of hydrogen-bond donors (Lipinski definition) is 2. The average Bonchev–Trinajstić information content (AvgIpc) is 3.43. The van der Waals surface area contributed by atoms with E-state index in [4.69, 9.17) is 21.1 Å². The summed E-state index contributed by atoms with van der Waals surface area (Å²) in [5.41, 5.74) is 1.82. The fourth-order valence-electron chi connectivity index (χ4n) is 5.75. The zero-order chi connectivity index (χ0) is 22.6. The second kappa shape index (κ2) is 7.67. The second-order valence-electron chi connectivity index (χ2n) is 8.72. The van der Waals surface area contributed by atoms with Gasteiger partial charge in [0.15, 0.2) is 0 Å². The highest BCUT2D eigenvalue weighted by molar-refractivity contribution is 6.35. The summed E-state index contributed by atoms with van der Waals surface area (Å²) in [6.07, 6.45) is 2.58. The fraction of sp³-hybridized carbons (Fsp3) is 0.417. The molecule has 0 radical (unpaired) electrons. The molecule has 0 saturated carbocycles. The van der Waals surface area contributed by atoms with E-state index < -0.39 is 11.5 Å². The van der Waals surface area contributed by atoms with Gasteiger partial charge in [0.25, 0.3) is 0 Å². The fourth-order valence-corrected chi connectivity index (χ4v) is 6.07. The van der Waals surface area contributed by atoms with Crippen molar-refractivity contribution in [1.29, 1.82) is 0 Å². The minimum absolute atomic E-state index is 0.175. The van der Waals surface area contributed by atoms with Crippen molar-refractivity contribution in [2.45, 2.75) is 37.8 Å². The molecule has 32 heavy (non-hydrogen) atoms. The second-order valence-corrected chi connectivity index (χ2v) is 9.13. The van der Waals surface area contributed by atoms with Gasteiger partial charge in [-0.1, -0.05) is 17.7 Å². The molecule has 2 amide bonds. The van der Waals surface area contributed by atoms with Crippen LogP contribution in [-0.4, -0.2) is 43.5 Å². The van der Waals surface area contributed by atoms with Crippen LogP contribution in [0.2, 0.25) is 5.02 Å². The van der Waals surface area contributed by atoms with Gasteiger partial charge in [-0.15, -0.1) is 0 Å². The van der Waals surface area contributed by atoms with Gasteiger partial charge in [-0.3, -0.25) is 14.5 Å². The lowest BCUT2D eigenvalue weighted by Gasteiger charge is -2.36. The van der Waals surface area contributed by atoms with Crippen molar-refractivity contribution in [3.05, 3.63) is 46.5 Å². The van der Waals surface area contributed by atoms with Crippen molar-refractivity contribution in [3.8, 4) is 11.5 Å². The van der Waals surface area contributed by atoms with Crippen molar-refractivity contribution in [2.24, 2.45) is 5.92 Å².